The van der Waals surface area contributed by atoms with Gasteiger partial charge in [0.05, 0.1) is 10.8 Å². The van der Waals surface area contributed by atoms with Crippen LogP contribution in [0.1, 0.15) is 109 Å². The lowest BCUT2D eigenvalue weighted by molar-refractivity contribution is -0.326. The monoisotopic (exact) mass is 752 g/mol. The molecule has 13 fully saturated rings. The van der Waals surface area contributed by atoms with Crippen LogP contribution in [0.15, 0.2) is 0 Å². The first-order valence-electron chi connectivity index (χ1n) is 19.8. The van der Waals surface area contributed by atoms with Crippen LogP contribution in [-0.4, -0.2) is 72.9 Å². The third-order valence-corrected chi connectivity index (χ3v) is 16.7. The molecule has 14 heteroatoms. The smallest absolute Gasteiger partial charge is 0.462 e. The van der Waals surface area contributed by atoms with E-state index in [9.17, 15) is 31.6 Å². The number of hydrogen-bond donors (Lipinski definition) is 1. The van der Waals surface area contributed by atoms with Crippen molar-refractivity contribution in [3.05, 3.63) is 0 Å². The van der Waals surface area contributed by atoms with E-state index in [2.05, 4.69) is 0 Å². The fraction of sp³-hybridized carbons (Fsp3) is 0.921. The molecule has 0 aromatic rings. The SMILES string of the molecule is O=C(OCC1OC2(OC1COC(=O)C13CC4CC(CC(C4)C1)C3)C1CC3CC2CC(OC(=O)C(F)(F)S(=O)(=O)O)(C3)C1)C12CC3CC(CC(C3)C1)C2. The number of alkyl halides is 2. The normalized spacial score (nSPS) is 50.6. The number of carbonyl (C=O) groups is 3. The maximum Gasteiger partial charge on any atom is 0.465 e. The first-order chi connectivity index (χ1) is 24.6. The lowest BCUT2D eigenvalue weighted by Crippen LogP contribution is -2.66. The predicted octanol–water partition coefficient (Wildman–Crippen LogP) is 5.59. The Morgan fingerprint density at radius 2 is 0.981 bits per heavy atom. The zero-order chi connectivity index (χ0) is 36.1. The van der Waals surface area contributed by atoms with Gasteiger partial charge in [0, 0.05) is 11.8 Å². The Balaban J connectivity index is 0.880. The van der Waals surface area contributed by atoms with Crippen LogP contribution in [0.4, 0.5) is 8.78 Å². The average Bonchev–Trinajstić information content (AvgIpc) is 3.42. The molecule has 13 aliphatic rings. The van der Waals surface area contributed by atoms with Gasteiger partial charge in [-0.15, -0.1) is 0 Å². The maximum absolute atomic E-state index is 14.3. The molecule has 4 atom stereocenters. The Labute approximate surface area is 302 Å². The van der Waals surface area contributed by atoms with Crippen LogP contribution < -0.4 is 0 Å². The van der Waals surface area contributed by atoms with E-state index >= 15 is 0 Å². The summed E-state index contributed by atoms with van der Waals surface area (Å²) in [5.41, 5.74) is -2.28. The highest BCUT2D eigenvalue weighted by Gasteiger charge is 2.70. The molecule has 12 saturated carbocycles. The third-order valence-electron chi connectivity index (χ3n) is 15.9. The summed E-state index contributed by atoms with van der Waals surface area (Å²) in [5.74, 6) is -1.24. The van der Waals surface area contributed by atoms with Crippen molar-refractivity contribution in [2.45, 2.75) is 138 Å². The minimum Gasteiger partial charge on any atom is -0.462 e. The van der Waals surface area contributed by atoms with Crippen LogP contribution in [0, 0.1) is 64.1 Å². The molecule has 1 aliphatic heterocycles. The Morgan fingerprint density at radius 3 is 1.35 bits per heavy atom. The van der Waals surface area contributed by atoms with Crippen LogP contribution in [0.25, 0.3) is 0 Å². The third kappa shape index (κ3) is 5.21. The van der Waals surface area contributed by atoms with Gasteiger partial charge < -0.3 is 23.7 Å². The first kappa shape index (κ1) is 34.6. The largest absolute Gasteiger partial charge is 0.465 e. The van der Waals surface area contributed by atoms with Gasteiger partial charge in [-0.25, -0.2) is 4.79 Å². The molecule has 1 heterocycles. The molecule has 0 aromatic heterocycles. The number of carbonyl (C=O) groups excluding carboxylic acids is 3. The highest BCUT2D eigenvalue weighted by molar-refractivity contribution is 7.87. The molecule has 12 bridgehead atoms. The van der Waals surface area contributed by atoms with Crippen molar-refractivity contribution >= 4 is 28.0 Å². The van der Waals surface area contributed by atoms with Crippen LogP contribution in [0.5, 0.6) is 0 Å². The lowest BCUT2D eigenvalue weighted by atomic mass is 9.49. The Bertz CT molecular complexity index is 1500. The Hall–Kier alpha value is -1.90. The number of esters is 3. The van der Waals surface area contributed by atoms with E-state index in [4.69, 9.17) is 28.2 Å². The average molecular weight is 753 g/mol. The highest BCUT2D eigenvalue weighted by Crippen LogP contribution is 2.66. The summed E-state index contributed by atoms with van der Waals surface area (Å²) in [6, 6.07) is 0. The van der Waals surface area contributed by atoms with Gasteiger partial charge >= 0.3 is 33.3 Å². The maximum atomic E-state index is 14.3. The summed E-state index contributed by atoms with van der Waals surface area (Å²) >= 11 is 0. The van der Waals surface area contributed by atoms with Crippen molar-refractivity contribution in [3.8, 4) is 0 Å². The minimum atomic E-state index is -6.02. The fourth-order valence-corrected chi connectivity index (χ4v) is 15.3. The van der Waals surface area contributed by atoms with Crippen molar-refractivity contribution in [3.63, 3.8) is 0 Å². The molecule has 0 amide bonds. The molecule has 1 spiro atoms. The zero-order valence-corrected chi connectivity index (χ0v) is 30.3. The number of hydrogen-bond acceptors (Lipinski definition) is 10. The zero-order valence-electron chi connectivity index (χ0n) is 29.5. The van der Waals surface area contributed by atoms with E-state index in [1.54, 1.807) is 0 Å². The summed E-state index contributed by atoms with van der Waals surface area (Å²) in [6.45, 7) is -0.128. The summed E-state index contributed by atoms with van der Waals surface area (Å²) in [5, 5.41) is -5.09. The summed E-state index contributed by atoms with van der Waals surface area (Å²) in [6.07, 6.45) is 12.6. The minimum absolute atomic E-state index is 0.00260. The molecule has 13 rings (SSSR count). The van der Waals surface area contributed by atoms with E-state index in [0.29, 0.717) is 54.8 Å². The standard InChI is InChI=1S/C38H50F2O11S/c39-38(40,52(44,45)46)33(43)51-36-15-26-7-27(16-36)37(28(8-26)17-36)49-29(18-47-31(41)34-9-20-1-21(10-34)3-22(2-20)11-34)30(50-37)19-48-32(42)35-12-23-4-24(13-35)6-25(5-23)14-35/h20-30H,1-19H2,(H,44,45,46). The van der Waals surface area contributed by atoms with Gasteiger partial charge in [0.15, 0.2) is 5.79 Å². The van der Waals surface area contributed by atoms with Gasteiger partial charge in [-0.05, 0) is 151 Å². The number of ether oxygens (including phenoxy) is 5. The molecule has 0 radical (unpaired) electrons. The van der Waals surface area contributed by atoms with Gasteiger partial charge in [0.1, 0.15) is 31.0 Å². The molecule has 1 N–H and O–H groups in total. The van der Waals surface area contributed by atoms with Crippen molar-refractivity contribution in [1.82, 2.24) is 0 Å². The van der Waals surface area contributed by atoms with Gasteiger partial charge in [0.25, 0.3) is 0 Å². The topological polar surface area (TPSA) is 152 Å². The number of halogens is 2. The second kappa shape index (κ2) is 11.3. The lowest BCUT2D eigenvalue weighted by Gasteiger charge is -2.62. The van der Waals surface area contributed by atoms with Crippen LogP contribution in [0.3, 0.4) is 0 Å². The summed E-state index contributed by atoms with van der Waals surface area (Å²) in [4.78, 5) is 40.3. The Morgan fingerprint density at radius 1 is 0.615 bits per heavy atom. The van der Waals surface area contributed by atoms with Crippen molar-refractivity contribution in [2.24, 2.45) is 64.1 Å². The number of rotatable bonds is 9. The van der Waals surface area contributed by atoms with Crippen LogP contribution >= 0.6 is 0 Å². The first-order valence-corrected chi connectivity index (χ1v) is 21.3. The summed E-state index contributed by atoms with van der Waals surface area (Å²) < 4.78 is 91.7. The molecule has 288 valence electrons. The fourth-order valence-electron chi connectivity index (χ4n) is 15.0. The Kier molecular flexibility index (Phi) is 7.54. The second-order valence-corrected chi connectivity index (χ2v) is 21.0. The highest BCUT2D eigenvalue weighted by atomic mass is 32.2. The molecule has 0 aromatic carbocycles. The van der Waals surface area contributed by atoms with Gasteiger partial charge in [0.2, 0.25) is 0 Å². The van der Waals surface area contributed by atoms with E-state index in [0.717, 1.165) is 38.5 Å². The molecular formula is C38H50F2O11S. The van der Waals surface area contributed by atoms with Crippen molar-refractivity contribution in [1.29, 1.82) is 0 Å². The van der Waals surface area contributed by atoms with E-state index < -0.39 is 67.6 Å². The van der Waals surface area contributed by atoms with Crippen LogP contribution in [-0.2, 0) is 48.2 Å². The second-order valence-electron chi connectivity index (χ2n) is 19.5. The van der Waals surface area contributed by atoms with Gasteiger partial charge in [-0.2, -0.15) is 17.2 Å². The van der Waals surface area contributed by atoms with Crippen molar-refractivity contribution < 1.29 is 59.8 Å². The molecule has 12 aliphatic carbocycles. The van der Waals surface area contributed by atoms with Gasteiger partial charge in [-0.3, -0.25) is 14.1 Å². The van der Waals surface area contributed by atoms with E-state index in [-0.39, 0.29) is 43.9 Å². The van der Waals surface area contributed by atoms with E-state index in [1.165, 1.54) is 38.5 Å². The van der Waals surface area contributed by atoms with E-state index in [1.807, 2.05) is 0 Å². The molecule has 4 unspecified atom stereocenters. The summed E-state index contributed by atoms with van der Waals surface area (Å²) in [7, 11) is -6.02. The quantitative estimate of drug-likeness (QED) is 0.178. The molecular weight excluding hydrogens is 702 g/mol. The molecule has 1 saturated heterocycles. The van der Waals surface area contributed by atoms with Crippen LogP contribution in [0.2, 0.25) is 0 Å². The molecule has 11 nitrogen and oxygen atoms in total. The van der Waals surface area contributed by atoms with Crippen molar-refractivity contribution in [2.75, 3.05) is 13.2 Å². The van der Waals surface area contributed by atoms with Gasteiger partial charge in [-0.1, -0.05) is 0 Å². The molecule has 52 heavy (non-hydrogen) atoms. The predicted molar refractivity (Wildman–Crippen MR) is 174 cm³/mol.